The SMILES string of the molecule is CCOc1cc(C)c(NCCCN)cc1Cl. The fourth-order valence-corrected chi connectivity index (χ4v) is 1.65. The molecule has 1 rings (SSSR count). The van der Waals surface area contributed by atoms with E-state index >= 15 is 0 Å². The second-order valence-electron chi connectivity index (χ2n) is 3.60. The molecule has 0 aromatic heterocycles. The number of hydrogen-bond acceptors (Lipinski definition) is 3. The lowest BCUT2D eigenvalue weighted by atomic mass is 10.2. The monoisotopic (exact) mass is 242 g/mol. The van der Waals surface area contributed by atoms with Crippen molar-refractivity contribution in [3.8, 4) is 5.75 Å². The summed E-state index contributed by atoms with van der Waals surface area (Å²) in [6.45, 7) is 6.15. The minimum atomic E-state index is 0.624. The first-order valence-corrected chi connectivity index (χ1v) is 5.93. The highest BCUT2D eigenvalue weighted by Crippen LogP contribution is 2.30. The van der Waals surface area contributed by atoms with Gasteiger partial charge in [-0.2, -0.15) is 0 Å². The van der Waals surface area contributed by atoms with Gasteiger partial charge in [0.15, 0.2) is 0 Å². The van der Waals surface area contributed by atoms with E-state index in [0.717, 1.165) is 30.0 Å². The second kappa shape index (κ2) is 6.61. The molecule has 0 radical (unpaired) electrons. The first kappa shape index (κ1) is 13.1. The van der Waals surface area contributed by atoms with Gasteiger partial charge >= 0.3 is 0 Å². The molecule has 0 atom stereocenters. The van der Waals surface area contributed by atoms with Crippen LogP contribution in [0.25, 0.3) is 0 Å². The maximum Gasteiger partial charge on any atom is 0.138 e. The summed E-state index contributed by atoms with van der Waals surface area (Å²) in [5.74, 6) is 0.742. The third-order valence-corrected chi connectivity index (χ3v) is 2.57. The molecule has 4 heteroatoms. The van der Waals surface area contributed by atoms with Crippen LogP contribution < -0.4 is 15.8 Å². The van der Waals surface area contributed by atoms with Crippen LogP contribution in [-0.2, 0) is 0 Å². The molecule has 1 aromatic carbocycles. The molecule has 0 saturated carbocycles. The van der Waals surface area contributed by atoms with E-state index in [0.29, 0.717) is 18.2 Å². The standard InChI is InChI=1S/C12H19ClN2O/c1-3-16-12-7-9(2)11(8-10(12)13)15-6-4-5-14/h7-8,15H,3-6,14H2,1-2H3. The Morgan fingerprint density at radius 2 is 2.19 bits per heavy atom. The fraction of sp³-hybridized carbons (Fsp3) is 0.500. The van der Waals surface area contributed by atoms with Gasteiger partial charge in [-0.15, -0.1) is 0 Å². The third kappa shape index (κ3) is 3.58. The number of halogens is 1. The average Bonchev–Trinajstić information content (AvgIpc) is 2.25. The molecular weight excluding hydrogens is 224 g/mol. The molecule has 0 amide bonds. The molecule has 3 N–H and O–H groups in total. The third-order valence-electron chi connectivity index (χ3n) is 2.28. The molecule has 0 aliphatic carbocycles. The van der Waals surface area contributed by atoms with Crippen LogP contribution in [0.4, 0.5) is 5.69 Å². The van der Waals surface area contributed by atoms with Crippen LogP contribution in [0.1, 0.15) is 18.9 Å². The number of hydrogen-bond donors (Lipinski definition) is 2. The topological polar surface area (TPSA) is 47.3 Å². The predicted octanol–water partition coefficient (Wildman–Crippen LogP) is 2.81. The Hall–Kier alpha value is -0.930. The Balaban J connectivity index is 2.75. The highest BCUT2D eigenvalue weighted by molar-refractivity contribution is 6.32. The molecule has 0 saturated heterocycles. The summed E-state index contributed by atoms with van der Waals surface area (Å²) < 4.78 is 5.42. The molecule has 0 aliphatic rings. The molecule has 3 nitrogen and oxygen atoms in total. The quantitative estimate of drug-likeness (QED) is 0.755. The zero-order valence-electron chi connectivity index (χ0n) is 9.85. The van der Waals surface area contributed by atoms with E-state index in [1.807, 2.05) is 26.0 Å². The van der Waals surface area contributed by atoms with Crippen LogP contribution in [-0.4, -0.2) is 19.7 Å². The van der Waals surface area contributed by atoms with Gasteiger partial charge in [0.1, 0.15) is 5.75 Å². The maximum atomic E-state index is 6.10. The van der Waals surface area contributed by atoms with Gasteiger partial charge in [0.2, 0.25) is 0 Å². The van der Waals surface area contributed by atoms with Crippen molar-refractivity contribution in [3.63, 3.8) is 0 Å². The van der Waals surface area contributed by atoms with Crippen molar-refractivity contribution < 1.29 is 4.74 Å². The number of nitrogens with two attached hydrogens (primary N) is 1. The van der Waals surface area contributed by atoms with Crippen molar-refractivity contribution in [1.82, 2.24) is 0 Å². The summed E-state index contributed by atoms with van der Waals surface area (Å²) in [7, 11) is 0. The first-order chi connectivity index (χ1) is 7.69. The van der Waals surface area contributed by atoms with E-state index in [9.17, 15) is 0 Å². The summed E-state index contributed by atoms with van der Waals surface area (Å²) in [5.41, 5.74) is 7.61. The molecule has 0 unspecified atom stereocenters. The summed E-state index contributed by atoms with van der Waals surface area (Å²) >= 11 is 6.10. The Bertz CT molecular complexity index is 342. The van der Waals surface area contributed by atoms with E-state index in [4.69, 9.17) is 22.1 Å². The Labute approximate surface area is 102 Å². The summed E-state index contributed by atoms with van der Waals surface area (Å²) in [6, 6.07) is 3.86. The molecule has 0 spiro atoms. The summed E-state index contributed by atoms with van der Waals surface area (Å²) in [5, 5.41) is 3.95. The number of benzene rings is 1. The molecule has 0 heterocycles. The van der Waals surface area contributed by atoms with Gasteiger partial charge in [-0.1, -0.05) is 11.6 Å². The summed E-state index contributed by atoms with van der Waals surface area (Å²) in [6.07, 6.45) is 0.949. The number of rotatable bonds is 6. The lowest BCUT2D eigenvalue weighted by Gasteiger charge is -2.12. The molecule has 90 valence electrons. The number of ether oxygens (including phenoxy) is 1. The Morgan fingerprint density at radius 3 is 2.81 bits per heavy atom. The van der Waals surface area contributed by atoms with Gasteiger partial charge in [-0.25, -0.2) is 0 Å². The number of anilines is 1. The molecule has 16 heavy (non-hydrogen) atoms. The highest BCUT2D eigenvalue weighted by Gasteiger charge is 2.06. The largest absolute Gasteiger partial charge is 0.492 e. The van der Waals surface area contributed by atoms with Gasteiger partial charge in [0.25, 0.3) is 0 Å². The normalized spacial score (nSPS) is 10.2. The van der Waals surface area contributed by atoms with Crippen molar-refractivity contribution in [2.45, 2.75) is 20.3 Å². The van der Waals surface area contributed by atoms with Gasteiger partial charge in [-0.05, 0) is 44.5 Å². The van der Waals surface area contributed by atoms with Gasteiger partial charge < -0.3 is 15.8 Å². The van der Waals surface area contributed by atoms with Crippen molar-refractivity contribution in [2.75, 3.05) is 25.0 Å². The van der Waals surface area contributed by atoms with Gasteiger partial charge in [-0.3, -0.25) is 0 Å². The van der Waals surface area contributed by atoms with Crippen LogP contribution in [0.3, 0.4) is 0 Å². The zero-order chi connectivity index (χ0) is 12.0. The number of nitrogens with one attached hydrogen (secondary N) is 1. The van der Waals surface area contributed by atoms with E-state index < -0.39 is 0 Å². The van der Waals surface area contributed by atoms with Crippen LogP contribution in [0.2, 0.25) is 5.02 Å². The van der Waals surface area contributed by atoms with E-state index in [1.54, 1.807) is 0 Å². The smallest absolute Gasteiger partial charge is 0.138 e. The van der Waals surface area contributed by atoms with E-state index in [1.165, 1.54) is 0 Å². The zero-order valence-corrected chi connectivity index (χ0v) is 10.6. The fourth-order valence-electron chi connectivity index (χ4n) is 1.44. The highest BCUT2D eigenvalue weighted by atomic mass is 35.5. The molecular formula is C12H19ClN2O. The minimum Gasteiger partial charge on any atom is -0.492 e. The predicted molar refractivity (Wildman–Crippen MR) is 69.5 cm³/mol. The van der Waals surface area contributed by atoms with Gasteiger partial charge in [0.05, 0.1) is 11.6 Å². The molecule has 1 aromatic rings. The van der Waals surface area contributed by atoms with Crippen LogP contribution >= 0.6 is 11.6 Å². The lowest BCUT2D eigenvalue weighted by molar-refractivity contribution is 0.340. The average molecular weight is 243 g/mol. The molecule has 0 fully saturated rings. The maximum absolute atomic E-state index is 6.10. The molecule has 0 aliphatic heterocycles. The lowest BCUT2D eigenvalue weighted by Crippen LogP contribution is -2.09. The minimum absolute atomic E-state index is 0.624. The Morgan fingerprint density at radius 1 is 1.44 bits per heavy atom. The molecule has 0 bridgehead atoms. The van der Waals surface area contributed by atoms with E-state index in [2.05, 4.69) is 5.32 Å². The van der Waals surface area contributed by atoms with Crippen molar-refractivity contribution in [2.24, 2.45) is 5.73 Å². The Kier molecular flexibility index (Phi) is 5.43. The summed E-state index contributed by atoms with van der Waals surface area (Å²) in [4.78, 5) is 0. The van der Waals surface area contributed by atoms with Crippen LogP contribution in [0.5, 0.6) is 5.75 Å². The van der Waals surface area contributed by atoms with Gasteiger partial charge in [0, 0.05) is 12.2 Å². The first-order valence-electron chi connectivity index (χ1n) is 5.56. The van der Waals surface area contributed by atoms with Crippen LogP contribution in [0, 0.1) is 6.92 Å². The van der Waals surface area contributed by atoms with Crippen molar-refractivity contribution >= 4 is 17.3 Å². The number of aryl methyl sites for hydroxylation is 1. The second-order valence-corrected chi connectivity index (χ2v) is 4.01. The van der Waals surface area contributed by atoms with Crippen molar-refractivity contribution in [3.05, 3.63) is 22.7 Å². The van der Waals surface area contributed by atoms with Crippen LogP contribution in [0.15, 0.2) is 12.1 Å². The van der Waals surface area contributed by atoms with E-state index in [-0.39, 0.29) is 0 Å². The van der Waals surface area contributed by atoms with Crippen molar-refractivity contribution in [1.29, 1.82) is 0 Å².